The Morgan fingerprint density at radius 1 is 0.964 bits per heavy atom. The Morgan fingerprint density at radius 2 is 1.64 bits per heavy atom. The largest absolute Gasteiger partial charge is 0.490 e. The molecule has 1 N–H and O–H groups in total. The number of hydrogen-bond acceptors (Lipinski definition) is 6. The summed E-state index contributed by atoms with van der Waals surface area (Å²) in [6, 6.07) is 8.40. The van der Waals surface area contributed by atoms with E-state index in [9.17, 15) is 8.42 Å². The molecule has 0 unspecified atom stereocenters. The second kappa shape index (κ2) is 10.3. The van der Waals surface area contributed by atoms with E-state index in [0.717, 1.165) is 24.5 Å². The molecule has 2 aromatic rings. The van der Waals surface area contributed by atoms with Crippen molar-refractivity contribution in [2.24, 2.45) is 0 Å². The van der Waals surface area contributed by atoms with Gasteiger partial charge in [-0.15, -0.1) is 0 Å². The van der Waals surface area contributed by atoms with Gasteiger partial charge in [0.05, 0.1) is 18.1 Å². The molecular weight excluding hydrogens is 378 g/mol. The van der Waals surface area contributed by atoms with Gasteiger partial charge in [0.2, 0.25) is 10.0 Å². The highest BCUT2D eigenvalue weighted by Gasteiger charge is 2.17. The van der Waals surface area contributed by atoms with E-state index in [1.54, 1.807) is 12.3 Å². The molecule has 0 aliphatic rings. The third-order valence-electron chi connectivity index (χ3n) is 4.19. The summed E-state index contributed by atoms with van der Waals surface area (Å²) in [7, 11) is -3.69. The number of ether oxygens (including phenoxy) is 2. The summed E-state index contributed by atoms with van der Waals surface area (Å²) in [5.74, 6) is 1.82. The van der Waals surface area contributed by atoms with Crippen molar-refractivity contribution in [3.8, 4) is 11.5 Å². The highest BCUT2D eigenvalue weighted by Crippen LogP contribution is 2.30. The van der Waals surface area contributed by atoms with Crippen LogP contribution in [0.2, 0.25) is 0 Å². The number of nitrogens with one attached hydrogen (secondary N) is 1. The standard InChI is InChI=1S/C20H29N3O4S/c1-5-23(6-2)20-12-9-16(14-21-20)15-22-28(24,25)17-10-11-18(26-7-3)19(13-17)27-8-4/h9-14,22H,5-8,15H2,1-4H3. The first-order valence-electron chi connectivity index (χ1n) is 9.54. The summed E-state index contributed by atoms with van der Waals surface area (Å²) in [5, 5.41) is 0. The van der Waals surface area contributed by atoms with Gasteiger partial charge in [0.1, 0.15) is 5.82 Å². The van der Waals surface area contributed by atoms with Crippen molar-refractivity contribution >= 4 is 15.8 Å². The Morgan fingerprint density at radius 3 is 2.21 bits per heavy atom. The first-order chi connectivity index (χ1) is 13.4. The summed E-state index contributed by atoms with van der Waals surface area (Å²) in [6.45, 7) is 10.6. The summed E-state index contributed by atoms with van der Waals surface area (Å²) < 4.78 is 38.9. The van der Waals surface area contributed by atoms with Gasteiger partial charge in [0.25, 0.3) is 0 Å². The minimum atomic E-state index is -3.69. The number of rotatable bonds is 11. The zero-order chi connectivity index (χ0) is 20.6. The lowest BCUT2D eigenvalue weighted by Crippen LogP contribution is -2.24. The molecule has 0 spiro atoms. The van der Waals surface area contributed by atoms with Crippen molar-refractivity contribution in [1.82, 2.24) is 9.71 Å². The zero-order valence-corrected chi connectivity index (χ0v) is 17.8. The minimum Gasteiger partial charge on any atom is -0.490 e. The van der Waals surface area contributed by atoms with E-state index in [0.29, 0.717) is 24.7 Å². The number of sulfonamides is 1. The SMILES string of the molecule is CCOc1ccc(S(=O)(=O)NCc2ccc(N(CC)CC)nc2)cc1OCC. The highest BCUT2D eigenvalue weighted by atomic mass is 32.2. The third-order valence-corrected chi connectivity index (χ3v) is 5.59. The molecule has 28 heavy (non-hydrogen) atoms. The van der Waals surface area contributed by atoms with Crippen LogP contribution in [0.1, 0.15) is 33.3 Å². The van der Waals surface area contributed by atoms with Gasteiger partial charge >= 0.3 is 0 Å². The van der Waals surface area contributed by atoms with E-state index >= 15 is 0 Å². The lowest BCUT2D eigenvalue weighted by molar-refractivity contribution is 0.287. The predicted octanol–water partition coefficient (Wildman–Crippen LogP) is 3.20. The van der Waals surface area contributed by atoms with Gasteiger partial charge in [-0.25, -0.2) is 18.1 Å². The van der Waals surface area contributed by atoms with Crippen LogP contribution in [0, 0.1) is 0 Å². The maximum absolute atomic E-state index is 12.7. The number of hydrogen-bond donors (Lipinski definition) is 1. The second-order valence-corrected chi connectivity index (χ2v) is 7.76. The Labute approximate surface area is 167 Å². The Balaban J connectivity index is 2.12. The number of nitrogens with zero attached hydrogens (tertiary/aromatic N) is 2. The van der Waals surface area contributed by atoms with Gasteiger partial charge in [-0.1, -0.05) is 6.07 Å². The normalized spacial score (nSPS) is 11.3. The van der Waals surface area contributed by atoms with Gasteiger partial charge in [0.15, 0.2) is 11.5 Å². The smallest absolute Gasteiger partial charge is 0.241 e. The Bertz CT molecular complexity index is 850. The average molecular weight is 408 g/mol. The van der Waals surface area contributed by atoms with Crippen molar-refractivity contribution in [1.29, 1.82) is 0 Å². The van der Waals surface area contributed by atoms with Crippen LogP contribution in [-0.4, -0.2) is 39.7 Å². The number of anilines is 1. The van der Waals surface area contributed by atoms with Crippen LogP contribution in [0.4, 0.5) is 5.82 Å². The Kier molecular flexibility index (Phi) is 8.07. The third kappa shape index (κ3) is 5.59. The van der Waals surface area contributed by atoms with Gasteiger partial charge < -0.3 is 14.4 Å². The predicted molar refractivity (Wildman–Crippen MR) is 111 cm³/mol. The molecule has 8 heteroatoms. The van der Waals surface area contributed by atoms with Crippen LogP contribution in [-0.2, 0) is 16.6 Å². The van der Waals surface area contributed by atoms with Crippen molar-refractivity contribution in [3.63, 3.8) is 0 Å². The molecule has 0 saturated carbocycles. The summed E-state index contributed by atoms with van der Waals surface area (Å²) in [6.07, 6.45) is 1.69. The molecule has 0 aliphatic heterocycles. The van der Waals surface area contributed by atoms with Gasteiger partial charge in [-0.05, 0) is 51.5 Å². The molecule has 7 nitrogen and oxygen atoms in total. The summed E-state index contributed by atoms with van der Waals surface area (Å²) in [4.78, 5) is 6.68. The van der Waals surface area contributed by atoms with Crippen molar-refractivity contribution in [2.45, 2.75) is 39.1 Å². The second-order valence-electron chi connectivity index (χ2n) is 6.00. The first-order valence-corrected chi connectivity index (χ1v) is 11.0. The van der Waals surface area contributed by atoms with Crippen LogP contribution in [0.15, 0.2) is 41.4 Å². The van der Waals surface area contributed by atoms with E-state index in [4.69, 9.17) is 9.47 Å². The van der Waals surface area contributed by atoms with E-state index < -0.39 is 10.0 Å². The highest BCUT2D eigenvalue weighted by molar-refractivity contribution is 7.89. The van der Waals surface area contributed by atoms with Crippen LogP contribution < -0.4 is 19.1 Å². The average Bonchev–Trinajstić information content (AvgIpc) is 2.70. The fraction of sp³-hybridized carbons (Fsp3) is 0.450. The molecule has 0 bridgehead atoms. The topological polar surface area (TPSA) is 80.8 Å². The van der Waals surface area contributed by atoms with Crippen molar-refractivity contribution in [2.75, 3.05) is 31.2 Å². The molecule has 1 aromatic heterocycles. The lowest BCUT2D eigenvalue weighted by Gasteiger charge is -2.19. The van der Waals surface area contributed by atoms with Crippen LogP contribution in [0.5, 0.6) is 11.5 Å². The lowest BCUT2D eigenvalue weighted by atomic mass is 10.3. The molecule has 2 rings (SSSR count). The monoisotopic (exact) mass is 407 g/mol. The maximum Gasteiger partial charge on any atom is 0.241 e. The summed E-state index contributed by atoms with van der Waals surface area (Å²) >= 11 is 0. The van der Waals surface area contributed by atoms with E-state index in [1.165, 1.54) is 12.1 Å². The molecular formula is C20H29N3O4S. The van der Waals surface area contributed by atoms with Gasteiger partial charge in [-0.3, -0.25) is 0 Å². The quantitative estimate of drug-likeness (QED) is 0.616. The van der Waals surface area contributed by atoms with E-state index in [1.807, 2.05) is 26.0 Å². The Hall–Kier alpha value is -2.32. The molecule has 1 heterocycles. The molecule has 0 amide bonds. The minimum absolute atomic E-state index is 0.132. The molecule has 0 fully saturated rings. The molecule has 154 valence electrons. The molecule has 1 aromatic carbocycles. The molecule has 0 aliphatic carbocycles. The van der Waals surface area contributed by atoms with Gasteiger partial charge in [-0.2, -0.15) is 0 Å². The molecule has 0 saturated heterocycles. The van der Waals surface area contributed by atoms with Crippen molar-refractivity contribution in [3.05, 3.63) is 42.1 Å². The number of benzene rings is 1. The zero-order valence-electron chi connectivity index (χ0n) is 16.9. The van der Waals surface area contributed by atoms with Crippen LogP contribution >= 0.6 is 0 Å². The van der Waals surface area contributed by atoms with Crippen LogP contribution in [0.25, 0.3) is 0 Å². The molecule has 0 atom stereocenters. The number of pyridine rings is 1. The fourth-order valence-electron chi connectivity index (χ4n) is 2.72. The number of aromatic nitrogens is 1. The maximum atomic E-state index is 12.7. The van der Waals surface area contributed by atoms with E-state index in [2.05, 4.69) is 28.5 Å². The summed E-state index contributed by atoms with van der Waals surface area (Å²) in [5.41, 5.74) is 0.787. The fourth-order valence-corrected chi connectivity index (χ4v) is 3.75. The molecule has 0 radical (unpaired) electrons. The first kappa shape index (κ1) is 22.0. The van der Waals surface area contributed by atoms with Crippen molar-refractivity contribution < 1.29 is 17.9 Å². The van der Waals surface area contributed by atoms with E-state index in [-0.39, 0.29) is 11.4 Å². The van der Waals surface area contributed by atoms with Gasteiger partial charge in [0, 0.05) is 31.9 Å². The van der Waals surface area contributed by atoms with Crippen LogP contribution in [0.3, 0.4) is 0 Å².